The molecule has 5 heteroatoms. The van der Waals surface area contributed by atoms with E-state index in [1.807, 2.05) is 11.7 Å². The first-order valence-corrected chi connectivity index (χ1v) is 9.54. The summed E-state index contributed by atoms with van der Waals surface area (Å²) in [6.07, 6.45) is 2.90. The van der Waals surface area contributed by atoms with Crippen LogP contribution in [0, 0.1) is 0 Å². The van der Waals surface area contributed by atoms with E-state index in [1.165, 1.54) is 16.0 Å². The van der Waals surface area contributed by atoms with Crippen LogP contribution in [0.2, 0.25) is 0 Å². The van der Waals surface area contributed by atoms with E-state index in [-0.39, 0.29) is 5.91 Å². The SMILES string of the molecule is CCc1ccc(CNC(=O)c2nn(C)c3c2CCc2sccc2-3)cc1. The zero-order valence-corrected chi connectivity index (χ0v) is 15.3. The summed E-state index contributed by atoms with van der Waals surface area (Å²) >= 11 is 1.78. The maximum absolute atomic E-state index is 12.7. The molecule has 0 saturated heterocycles. The zero-order chi connectivity index (χ0) is 17.4. The Morgan fingerprint density at radius 2 is 1.96 bits per heavy atom. The number of hydrogen-bond donors (Lipinski definition) is 1. The van der Waals surface area contributed by atoms with Gasteiger partial charge in [-0.15, -0.1) is 11.3 Å². The van der Waals surface area contributed by atoms with Crippen LogP contribution in [0.3, 0.4) is 0 Å². The van der Waals surface area contributed by atoms with Gasteiger partial charge in [-0.1, -0.05) is 31.2 Å². The largest absolute Gasteiger partial charge is 0.347 e. The number of aryl methyl sites for hydroxylation is 3. The van der Waals surface area contributed by atoms with Gasteiger partial charge in [0, 0.05) is 29.6 Å². The summed E-state index contributed by atoms with van der Waals surface area (Å²) in [5.74, 6) is -0.0879. The van der Waals surface area contributed by atoms with Crippen molar-refractivity contribution in [1.82, 2.24) is 15.1 Å². The number of amides is 1. The summed E-state index contributed by atoms with van der Waals surface area (Å²) in [5.41, 5.74) is 6.39. The Morgan fingerprint density at radius 1 is 1.20 bits per heavy atom. The van der Waals surface area contributed by atoms with E-state index >= 15 is 0 Å². The van der Waals surface area contributed by atoms with Crippen molar-refractivity contribution < 1.29 is 4.79 Å². The first kappa shape index (κ1) is 16.1. The third-order valence-corrected chi connectivity index (χ3v) is 5.83. The Morgan fingerprint density at radius 3 is 2.72 bits per heavy atom. The molecular formula is C20H21N3OS. The van der Waals surface area contributed by atoms with Crippen molar-refractivity contribution >= 4 is 17.2 Å². The average Bonchev–Trinajstić information content (AvgIpc) is 3.24. The van der Waals surface area contributed by atoms with E-state index in [4.69, 9.17) is 0 Å². The molecule has 0 saturated carbocycles. The van der Waals surface area contributed by atoms with Crippen LogP contribution in [0.15, 0.2) is 35.7 Å². The van der Waals surface area contributed by atoms with Crippen LogP contribution in [0.1, 0.15) is 39.0 Å². The van der Waals surface area contributed by atoms with Gasteiger partial charge in [0.05, 0.1) is 5.69 Å². The Labute approximate surface area is 151 Å². The highest BCUT2D eigenvalue weighted by molar-refractivity contribution is 7.10. The van der Waals surface area contributed by atoms with Gasteiger partial charge in [0.25, 0.3) is 5.91 Å². The molecule has 1 aliphatic carbocycles. The lowest BCUT2D eigenvalue weighted by atomic mass is 9.94. The molecule has 1 amide bonds. The summed E-state index contributed by atoms with van der Waals surface area (Å²) in [6.45, 7) is 2.66. The summed E-state index contributed by atoms with van der Waals surface area (Å²) in [5, 5.41) is 9.66. The summed E-state index contributed by atoms with van der Waals surface area (Å²) in [7, 11) is 1.92. The van der Waals surface area contributed by atoms with Crippen LogP contribution in [-0.2, 0) is 32.9 Å². The second-order valence-corrected chi connectivity index (χ2v) is 7.41. The van der Waals surface area contributed by atoms with Gasteiger partial charge in [0.2, 0.25) is 0 Å². The molecule has 1 aliphatic rings. The topological polar surface area (TPSA) is 46.9 Å². The smallest absolute Gasteiger partial charge is 0.272 e. The summed E-state index contributed by atoms with van der Waals surface area (Å²) in [4.78, 5) is 14.1. The molecule has 0 spiro atoms. The highest BCUT2D eigenvalue weighted by atomic mass is 32.1. The quantitative estimate of drug-likeness (QED) is 0.778. The summed E-state index contributed by atoms with van der Waals surface area (Å²) < 4.78 is 1.85. The van der Waals surface area contributed by atoms with Gasteiger partial charge >= 0.3 is 0 Å². The molecule has 0 aliphatic heterocycles. The van der Waals surface area contributed by atoms with Gasteiger partial charge in [0.1, 0.15) is 0 Å². The number of fused-ring (bicyclic) bond motifs is 3. The molecule has 4 nitrogen and oxygen atoms in total. The van der Waals surface area contributed by atoms with Crippen LogP contribution < -0.4 is 5.32 Å². The van der Waals surface area contributed by atoms with Gasteiger partial charge in [-0.25, -0.2) is 0 Å². The van der Waals surface area contributed by atoms with E-state index in [9.17, 15) is 4.79 Å². The normalized spacial score (nSPS) is 12.6. The molecule has 4 rings (SSSR count). The lowest BCUT2D eigenvalue weighted by Crippen LogP contribution is -2.24. The van der Waals surface area contributed by atoms with Crippen molar-refractivity contribution in [2.45, 2.75) is 32.7 Å². The molecule has 0 unspecified atom stereocenters. The number of thiophene rings is 1. The fourth-order valence-corrected chi connectivity index (χ4v) is 4.35. The lowest BCUT2D eigenvalue weighted by molar-refractivity contribution is 0.0944. The number of benzene rings is 1. The molecule has 0 atom stereocenters. The Kier molecular flexibility index (Phi) is 4.17. The van der Waals surface area contributed by atoms with Crippen molar-refractivity contribution in [2.24, 2.45) is 7.05 Å². The number of carbonyl (C=O) groups is 1. The fourth-order valence-electron chi connectivity index (χ4n) is 3.47. The van der Waals surface area contributed by atoms with E-state index in [2.05, 4.69) is 53.1 Å². The lowest BCUT2D eigenvalue weighted by Gasteiger charge is -2.13. The number of aromatic nitrogens is 2. The maximum atomic E-state index is 12.7. The van der Waals surface area contributed by atoms with Crippen LogP contribution in [0.5, 0.6) is 0 Å². The molecule has 25 heavy (non-hydrogen) atoms. The van der Waals surface area contributed by atoms with E-state index in [1.54, 1.807) is 11.3 Å². The molecule has 1 N–H and O–H groups in total. The predicted molar refractivity (Wildman–Crippen MR) is 101 cm³/mol. The van der Waals surface area contributed by atoms with Crippen molar-refractivity contribution in [1.29, 1.82) is 0 Å². The van der Waals surface area contributed by atoms with Crippen molar-refractivity contribution in [2.75, 3.05) is 0 Å². The molecule has 0 fully saturated rings. The molecule has 128 valence electrons. The van der Waals surface area contributed by atoms with Crippen molar-refractivity contribution in [3.63, 3.8) is 0 Å². The van der Waals surface area contributed by atoms with E-state index < -0.39 is 0 Å². The minimum atomic E-state index is -0.0879. The van der Waals surface area contributed by atoms with E-state index in [0.29, 0.717) is 12.2 Å². The second-order valence-electron chi connectivity index (χ2n) is 6.41. The van der Waals surface area contributed by atoms with Crippen LogP contribution in [0.4, 0.5) is 0 Å². The van der Waals surface area contributed by atoms with Crippen LogP contribution in [-0.4, -0.2) is 15.7 Å². The Bertz CT molecular complexity index is 921. The second kappa shape index (κ2) is 6.48. The molecule has 2 heterocycles. The number of rotatable bonds is 4. The van der Waals surface area contributed by atoms with Gasteiger partial charge in [-0.2, -0.15) is 5.10 Å². The molecule has 1 aromatic carbocycles. The van der Waals surface area contributed by atoms with Gasteiger partial charge < -0.3 is 5.32 Å². The van der Waals surface area contributed by atoms with Crippen LogP contribution >= 0.6 is 11.3 Å². The average molecular weight is 351 g/mol. The standard InChI is InChI=1S/C20H21N3OS/c1-3-13-4-6-14(7-5-13)12-21-20(24)18-16-8-9-17-15(10-11-25-17)19(16)23(2)22-18/h4-7,10-11H,3,8-9,12H2,1-2H3,(H,21,24). The molecule has 0 bridgehead atoms. The van der Waals surface area contributed by atoms with Gasteiger partial charge in [-0.05, 0) is 41.8 Å². The molecule has 0 radical (unpaired) electrons. The molecule has 2 aromatic heterocycles. The number of hydrogen-bond acceptors (Lipinski definition) is 3. The zero-order valence-electron chi connectivity index (χ0n) is 14.5. The molecule has 3 aromatic rings. The maximum Gasteiger partial charge on any atom is 0.272 e. The third-order valence-electron chi connectivity index (χ3n) is 4.85. The van der Waals surface area contributed by atoms with Crippen molar-refractivity contribution in [3.8, 4) is 11.3 Å². The molecular weight excluding hydrogens is 330 g/mol. The summed E-state index contributed by atoms with van der Waals surface area (Å²) in [6, 6.07) is 10.5. The third kappa shape index (κ3) is 2.89. The van der Waals surface area contributed by atoms with Crippen LogP contribution in [0.25, 0.3) is 11.3 Å². The number of carbonyl (C=O) groups excluding carboxylic acids is 1. The van der Waals surface area contributed by atoms with Crippen molar-refractivity contribution in [3.05, 3.63) is 63.0 Å². The first-order chi connectivity index (χ1) is 12.2. The number of nitrogens with one attached hydrogen (secondary N) is 1. The minimum Gasteiger partial charge on any atom is -0.347 e. The first-order valence-electron chi connectivity index (χ1n) is 8.66. The highest BCUT2D eigenvalue weighted by Gasteiger charge is 2.27. The minimum absolute atomic E-state index is 0.0879. The fraction of sp³-hybridized carbons (Fsp3) is 0.300. The Balaban J connectivity index is 1.54. The number of nitrogens with zero attached hydrogens (tertiary/aromatic N) is 2. The monoisotopic (exact) mass is 351 g/mol. The van der Waals surface area contributed by atoms with E-state index in [0.717, 1.165) is 36.1 Å². The highest BCUT2D eigenvalue weighted by Crippen LogP contribution is 2.37. The predicted octanol–water partition coefficient (Wildman–Crippen LogP) is 3.74. The Hall–Kier alpha value is -2.40. The van der Waals surface area contributed by atoms with Gasteiger partial charge in [-0.3, -0.25) is 9.48 Å². The van der Waals surface area contributed by atoms with Gasteiger partial charge in [0.15, 0.2) is 5.69 Å².